The second-order valence-corrected chi connectivity index (χ2v) is 6.74. The van der Waals surface area contributed by atoms with Crippen molar-refractivity contribution >= 4 is 5.91 Å². The molecular formula is C20H23NO3. The number of aliphatic hydroxyl groups is 1. The van der Waals surface area contributed by atoms with E-state index >= 15 is 0 Å². The average Bonchev–Trinajstić information content (AvgIpc) is 2.90. The standard InChI is InChI=1S/C20H23NO3/c1-14(24-18-9-5-6-15(10-18)13-22)19(23)21-20(2)11-16-7-3-4-8-17(16)12-20/h3-10,14,22H,11-13H2,1-2H3,(H,21,23)/t14-/m0/s1. The first-order valence-corrected chi connectivity index (χ1v) is 8.24. The van der Waals surface area contributed by atoms with Crippen molar-refractivity contribution in [1.82, 2.24) is 5.32 Å². The summed E-state index contributed by atoms with van der Waals surface area (Å²) in [7, 11) is 0. The smallest absolute Gasteiger partial charge is 0.261 e. The van der Waals surface area contributed by atoms with E-state index < -0.39 is 6.10 Å². The van der Waals surface area contributed by atoms with Gasteiger partial charge in [0, 0.05) is 5.54 Å². The van der Waals surface area contributed by atoms with Crippen molar-refractivity contribution in [2.24, 2.45) is 0 Å². The van der Waals surface area contributed by atoms with E-state index in [1.54, 1.807) is 25.1 Å². The molecule has 4 heteroatoms. The van der Waals surface area contributed by atoms with Crippen molar-refractivity contribution < 1.29 is 14.6 Å². The van der Waals surface area contributed by atoms with Crippen LogP contribution in [0.3, 0.4) is 0 Å². The molecule has 1 amide bonds. The van der Waals surface area contributed by atoms with Gasteiger partial charge in [-0.3, -0.25) is 4.79 Å². The number of hydrogen-bond acceptors (Lipinski definition) is 3. The third kappa shape index (κ3) is 3.60. The number of benzene rings is 2. The second kappa shape index (κ2) is 6.65. The highest BCUT2D eigenvalue weighted by Gasteiger charge is 2.35. The van der Waals surface area contributed by atoms with Crippen molar-refractivity contribution in [2.75, 3.05) is 0 Å². The summed E-state index contributed by atoms with van der Waals surface area (Å²) < 4.78 is 5.73. The molecule has 2 N–H and O–H groups in total. The molecule has 1 aliphatic rings. The number of fused-ring (bicyclic) bond motifs is 1. The third-order valence-corrected chi connectivity index (χ3v) is 4.47. The third-order valence-electron chi connectivity index (χ3n) is 4.47. The van der Waals surface area contributed by atoms with Gasteiger partial charge >= 0.3 is 0 Å². The fourth-order valence-electron chi connectivity index (χ4n) is 3.27. The number of nitrogens with one attached hydrogen (secondary N) is 1. The second-order valence-electron chi connectivity index (χ2n) is 6.74. The number of hydrogen-bond donors (Lipinski definition) is 2. The Hall–Kier alpha value is -2.33. The molecule has 0 saturated carbocycles. The molecule has 0 saturated heterocycles. The van der Waals surface area contributed by atoms with Crippen molar-refractivity contribution in [3.8, 4) is 5.75 Å². The zero-order valence-corrected chi connectivity index (χ0v) is 14.1. The monoisotopic (exact) mass is 325 g/mol. The maximum Gasteiger partial charge on any atom is 0.261 e. The summed E-state index contributed by atoms with van der Waals surface area (Å²) in [6.45, 7) is 3.77. The van der Waals surface area contributed by atoms with Gasteiger partial charge in [0.15, 0.2) is 6.10 Å². The maximum absolute atomic E-state index is 12.5. The van der Waals surface area contributed by atoms with E-state index in [9.17, 15) is 9.90 Å². The summed E-state index contributed by atoms with van der Waals surface area (Å²) in [5, 5.41) is 12.3. The van der Waals surface area contributed by atoms with E-state index in [1.165, 1.54) is 11.1 Å². The van der Waals surface area contributed by atoms with Crippen LogP contribution in [-0.4, -0.2) is 22.7 Å². The normalized spacial score (nSPS) is 16.3. The topological polar surface area (TPSA) is 58.6 Å². The zero-order chi connectivity index (χ0) is 17.2. The fourth-order valence-corrected chi connectivity index (χ4v) is 3.27. The molecule has 126 valence electrons. The lowest BCUT2D eigenvalue weighted by atomic mass is 9.98. The highest BCUT2D eigenvalue weighted by molar-refractivity contribution is 5.81. The Morgan fingerprint density at radius 1 is 1.21 bits per heavy atom. The summed E-state index contributed by atoms with van der Waals surface area (Å²) in [5.74, 6) is 0.462. The lowest BCUT2D eigenvalue weighted by Crippen LogP contribution is -2.51. The molecule has 24 heavy (non-hydrogen) atoms. The lowest BCUT2D eigenvalue weighted by Gasteiger charge is -2.27. The van der Waals surface area contributed by atoms with Crippen LogP contribution in [0.25, 0.3) is 0 Å². The first-order chi connectivity index (χ1) is 11.5. The molecule has 1 atom stereocenters. The number of aliphatic hydroxyl groups excluding tert-OH is 1. The van der Waals surface area contributed by atoms with Crippen LogP contribution in [-0.2, 0) is 24.2 Å². The minimum Gasteiger partial charge on any atom is -0.481 e. The Morgan fingerprint density at radius 3 is 2.50 bits per heavy atom. The van der Waals surface area contributed by atoms with Crippen molar-refractivity contribution in [2.45, 2.75) is 44.9 Å². The van der Waals surface area contributed by atoms with Gasteiger partial charge in [-0.2, -0.15) is 0 Å². The molecular weight excluding hydrogens is 302 g/mol. The number of amides is 1. The molecule has 4 nitrogen and oxygen atoms in total. The number of carbonyl (C=O) groups is 1. The Labute approximate surface area is 142 Å². The minimum atomic E-state index is -0.598. The number of ether oxygens (including phenoxy) is 1. The van der Waals surface area contributed by atoms with Crippen LogP contribution in [0.4, 0.5) is 0 Å². The molecule has 0 radical (unpaired) electrons. The number of carbonyl (C=O) groups excluding carboxylic acids is 1. The van der Waals surface area contributed by atoms with Crippen LogP contribution in [0, 0.1) is 0 Å². The zero-order valence-electron chi connectivity index (χ0n) is 14.1. The molecule has 0 unspecified atom stereocenters. The molecule has 1 aliphatic carbocycles. The van der Waals surface area contributed by atoms with Crippen LogP contribution in [0.15, 0.2) is 48.5 Å². The summed E-state index contributed by atoms with van der Waals surface area (Å²) in [6.07, 6.45) is 1.07. The van der Waals surface area contributed by atoms with Crippen molar-refractivity contribution in [3.63, 3.8) is 0 Å². The van der Waals surface area contributed by atoms with Gasteiger partial charge in [-0.15, -0.1) is 0 Å². The van der Waals surface area contributed by atoms with E-state index in [1.807, 2.05) is 18.2 Å². The SMILES string of the molecule is C[C@H](Oc1cccc(CO)c1)C(=O)NC1(C)Cc2ccccc2C1. The first-order valence-electron chi connectivity index (χ1n) is 8.24. The molecule has 2 aromatic carbocycles. The maximum atomic E-state index is 12.5. The van der Waals surface area contributed by atoms with Crippen LogP contribution in [0.5, 0.6) is 5.75 Å². The van der Waals surface area contributed by atoms with E-state index in [0.29, 0.717) is 5.75 Å². The summed E-state index contributed by atoms with van der Waals surface area (Å²) in [4.78, 5) is 12.5. The molecule has 3 rings (SSSR count). The average molecular weight is 325 g/mol. The molecule has 0 spiro atoms. The Morgan fingerprint density at radius 2 is 1.88 bits per heavy atom. The van der Waals surface area contributed by atoms with Crippen LogP contribution in [0.1, 0.15) is 30.5 Å². The quantitative estimate of drug-likeness (QED) is 0.888. The van der Waals surface area contributed by atoms with Gasteiger partial charge in [0.25, 0.3) is 5.91 Å². The first kappa shape index (κ1) is 16.5. The summed E-state index contributed by atoms with van der Waals surface area (Å²) in [6, 6.07) is 15.5. The Kier molecular flexibility index (Phi) is 4.58. The van der Waals surface area contributed by atoms with Crippen molar-refractivity contribution in [3.05, 3.63) is 65.2 Å². The Bertz CT molecular complexity index is 716. The van der Waals surface area contributed by atoms with E-state index in [4.69, 9.17) is 4.74 Å². The lowest BCUT2D eigenvalue weighted by molar-refractivity contribution is -0.129. The predicted octanol–water partition coefficient (Wildman–Crippen LogP) is 2.62. The van der Waals surface area contributed by atoms with Gasteiger partial charge in [-0.1, -0.05) is 36.4 Å². The fraction of sp³-hybridized carbons (Fsp3) is 0.350. The van der Waals surface area contributed by atoms with Crippen LogP contribution < -0.4 is 10.1 Å². The van der Waals surface area contributed by atoms with E-state index in [2.05, 4.69) is 24.4 Å². The number of rotatable bonds is 5. The highest BCUT2D eigenvalue weighted by Crippen LogP contribution is 2.29. The van der Waals surface area contributed by atoms with E-state index in [0.717, 1.165) is 18.4 Å². The summed E-state index contributed by atoms with van der Waals surface area (Å²) >= 11 is 0. The van der Waals surface area contributed by atoms with Gasteiger partial charge in [0.1, 0.15) is 5.75 Å². The molecule has 0 aliphatic heterocycles. The van der Waals surface area contributed by atoms with Crippen LogP contribution in [0.2, 0.25) is 0 Å². The molecule has 0 aromatic heterocycles. The molecule has 0 fully saturated rings. The molecule has 2 aromatic rings. The van der Waals surface area contributed by atoms with Gasteiger partial charge in [0.2, 0.25) is 0 Å². The van der Waals surface area contributed by atoms with E-state index in [-0.39, 0.29) is 18.1 Å². The largest absolute Gasteiger partial charge is 0.481 e. The van der Waals surface area contributed by atoms with Gasteiger partial charge in [0.05, 0.1) is 6.61 Å². The van der Waals surface area contributed by atoms with Gasteiger partial charge < -0.3 is 15.2 Å². The Balaban J connectivity index is 1.62. The van der Waals surface area contributed by atoms with Gasteiger partial charge in [-0.05, 0) is 55.5 Å². The van der Waals surface area contributed by atoms with Crippen LogP contribution >= 0.6 is 0 Å². The van der Waals surface area contributed by atoms with Crippen molar-refractivity contribution in [1.29, 1.82) is 0 Å². The minimum absolute atomic E-state index is 0.0475. The summed E-state index contributed by atoms with van der Waals surface area (Å²) in [5.41, 5.74) is 3.08. The highest BCUT2D eigenvalue weighted by atomic mass is 16.5. The predicted molar refractivity (Wildman–Crippen MR) is 92.9 cm³/mol. The molecule has 0 heterocycles. The van der Waals surface area contributed by atoms with Gasteiger partial charge in [-0.25, -0.2) is 0 Å². The molecule has 0 bridgehead atoms.